The quantitative estimate of drug-likeness (QED) is 0.191. The van der Waals surface area contributed by atoms with Crippen LogP contribution in [0.2, 0.25) is 0 Å². The van der Waals surface area contributed by atoms with Crippen LogP contribution in [0.5, 0.6) is 11.5 Å². The lowest BCUT2D eigenvalue weighted by Crippen LogP contribution is -2.41. The van der Waals surface area contributed by atoms with Gasteiger partial charge in [0.25, 0.3) is 5.91 Å². The van der Waals surface area contributed by atoms with Gasteiger partial charge in [0, 0.05) is 24.6 Å². The largest absolute Gasteiger partial charge is 0.492 e. The summed E-state index contributed by atoms with van der Waals surface area (Å²) in [5.74, 6) is -0.293. The lowest BCUT2D eigenvalue weighted by Gasteiger charge is -2.29. The highest BCUT2D eigenvalue weighted by atomic mass is 32.2. The maximum absolute atomic E-state index is 13.1. The molecule has 1 aliphatic rings. The predicted molar refractivity (Wildman–Crippen MR) is 185 cm³/mol. The van der Waals surface area contributed by atoms with Gasteiger partial charge in [-0.3, -0.25) is 9.78 Å². The average Bonchev–Trinajstić information content (AvgIpc) is 3.07. The van der Waals surface area contributed by atoms with Crippen molar-refractivity contribution in [3.63, 3.8) is 0 Å². The van der Waals surface area contributed by atoms with Crippen LogP contribution in [0.25, 0.3) is 11.1 Å². The molecule has 1 saturated carbocycles. The maximum Gasteiger partial charge on any atom is 0.410 e. The minimum Gasteiger partial charge on any atom is -0.492 e. The fraction of sp³-hybridized carbons (Fsp3) is 0.472. The fourth-order valence-electron chi connectivity index (χ4n) is 5.34. The van der Waals surface area contributed by atoms with Gasteiger partial charge in [-0.15, -0.1) is 0 Å². The summed E-state index contributed by atoms with van der Waals surface area (Å²) in [7, 11) is -3.93. The first-order valence-corrected chi connectivity index (χ1v) is 18.2. The van der Waals surface area contributed by atoms with E-state index in [9.17, 15) is 23.1 Å². The van der Waals surface area contributed by atoms with Gasteiger partial charge in [-0.2, -0.15) is 0 Å². The van der Waals surface area contributed by atoms with Crippen LogP contribution in [-0.4, -0.2) is 84.3 Å². The second kappa shape index (κ2) is 17.5. The number of pyridine rings is 1. The number of carbonyl (C=O) groups is 2. The molecule has 3 aromatic rings. The van der Waals surface area contributed by atoms with Crippen molar-refractivity contribution in [3.05, 3.63) is 78.1 Å². The summed E-state index contributed by atoms with van der Waals surface area (Å²) >= 11 is 0. The molecule has 0 aliphatic heterocycles. The SMILES string of the molecule is CC(C)(C)OC(=O)N(CCOc1ccc(-c2ccc(C(=O)NS(=O)(=O)CCCO)c(OC3CCCCC3)c2)cc1)C[C@H](O)c1cccnc1. The smallest absolute Gasteiger partial charge is 0.410 e. The molecule has 1 heterocycles. The van der Waals surface area contributed by atoms with E-state index < -0.39 is 33.7 Å². The molecule has 2 aromatic carbocycles. The van der Waals surface area contributed by atoms with E-state index in [0.717, 1.165) is 43.2 Å². The van der Waals surface area contributed by atoms with Gasteiger partial charge in [0.05, 0.1) is 36.6 Å². The highest BCUT2D eigenvalue weighted by Gasteiger charge is 2.26. The Kier molecular flexibility index (Phi) is 13.4. The Bertz CT molecular complexity index is 1620. The summed E-state index contributed by atoms with van der Waals surface area (Å²) in [6.07, 6.45) is 6.42. The monoisotopic (exact) mass is 697 g/mol. The number of hydrogen-bond donors (Lipinski definition) is 3. The lowest BCUT2D eigenvalue weighted by atomic mass is 9.97. The Labute approximate surface area is 288 Å². The number of aromatic nitrogens is 1. The molecule has 49 heavy (non-hydrogen) atoms. The molecular weight excluding hydrogens is 650 g/mol. The van der Waals surface area contributed by atoms with E-state index in [1.807, 2.05) is 12.1 Å². The summed E-state index contributed by atoms with van der Waals surface area (Å²) in [4.78, 5) is 31.5. The Hall–Kier alpha value is -4.20. The van der Waals surface area contributed by atoms with Crippen molar-refractivity contribution in [1.29, 1.82) is 0 Å². The Balaban J connectivity index is 1.45. The van der Waals surface area contributed by atoms with E-state index in [0.29, 0.717) is 17.1 Å². The molecule has 2 amide bonds. The van der Waals surface area contributed by atoms with Gasteiger partial charge >= 0.3 is 6.09 Å². The van der Waals surface area contributed by atoms with Gasteiger partial charge in [-0.1, -0.05) is 30.7 Å². The van der Waals surface area contributed by atoms with Gasteiger partial charge in [-0.25, -0.2) is 17.9 Å². The minimum absolute atomic E-state index is 0.00320. The number of nitrogens with one attached hydrogen (secondary N) is 1. The molecule has 13 heteroatoms. The molecule has 4 rings (SSSR count). The summed E-state index contributed by atoms with van der Waals surface area (Å²) in [5.41, 5.74) is 1.56. The van der Waals surface area contributed by atoms with E-state index in [4.69, 9.17) is 19.3 Å². The van der Waals surface area contributed by atoms with Crippen molar-refractivity contribution in [3.8, 4) is 22.6 Å². The van der Waals surface area contributed by atoms with Crippen LogP contribution >= 0.6 is 0 Å². The first-order chi connectivity index (χ1) is 23.3. The van der Waals surface area contributed by atoms with Gasteiger partial charge in [0.15, 0.2) is 0 Å². The van der Waals surface area contributed by atoms with Crippen LogP contribution < -0.4 is 14.2 Å². The Morgan fingerprint density at radius 3 is 2.41 bits per heavy atom. The zero-order valence-corrected chi connectivity index (χ0v) is 29.2. The van der Waals surface area contributed by atoms with Crippen molar-refractivity contribution in [1.82, 2.24) is 14.6 Å². The number of benzene rings is 2. The van der Waals surface area contributed by atoms with Crippen molar-refractivity contribution >= 4 is 22.0 Å². The number of hydrogen-bond acceptors (Lipinski definition) is 10. The van der Waals surface area contributed by atoms with Gasteiger partial charge in [-0.05, 0) is 94.3 Å². The van der Waals surface area contributed by atoms with Crippen LogP contribution in [0.1, 0.15) is 81.3 Å². The molecule has 1 aliphatic carbocycles. The van der Waals surface area contributed by atoms with E-state index in [1.54, 1.807) is 75.6 Å². The van der Waals surface area contributed by atoms with Crippen LogP contribution in [0.3, 0.4) is 0 Å². The van der Waals surface area contributed by atoms with Gasteiger partial charge < -0.3 is 29.3 Å². The number of amides is 2. The number of rotatable bonds is 15. The molecule has 12 nitrogen and oxygen atoms in total. The Morgan fingerprint density at radius 2 is 1.76 bits per heavy atom. The number of nitrogens with zero attached hydrogens (tertiary/aromatic N) is 2. The second-order valence-corrected chi connectivity index (χ2v) is 14.9. The molecular formula is C36H47N3O9S. The van der Waals surface area contributed by atoms with Crippen molar-refractivity contribution < 1.29 is 42.4 Å². The first-order valence-electron chi connectivity index (χ1n) is 16.6. The minimum atomic E-state index is -3.93. The molecule has 1 fully saturated rings. The van der Waals surface area contributed by atoms with Crippen molar-refractivity contribution in [2.75, 3.05) is 32.1 Å². The van der Waals surface area contributed by atoms with Crippen LogP contribution in [0.15, 0.2) is 67.0 Å². The van der Waals surface area contributed by atoms with Crippen molar-refractivity contribution in [2.24, 2.45) is 0 Å². The molecule has 0 saturated heterocycles. The number of carbonyl (C=O) groups excluding carboxylic acids is 2. The van der Waals surface area contributed by atoms with Crippen LogP contribution in [0, 0.1) is 0 Å². The lowest BCUT2D eigenvalue weighted by molar-refractivity contribution is 0.0117. The number of aliphatic hydroxyl groups excluding tert-OH is 2. The fourth-order valence-corrected chi connectivity index (χ4v) is 6.34. The van der Waals surface area contributed by atoms with Crippen molar-refractivity contribution in [2.45, 2.75) is 77.1 Å². The van der Waals surface area contributed by atoms with Gasteiger partial charge in [0.1, 0.15) is 23.7 Å². The Morgan fingerprint density at radius 1 is 1.04 bits per heavy atom. The average molecular weight is 698 g/mol. The maximum atomic E-state index is 13.1. The second-order valence-electron chi connectivity index (χ2n) is 13.0. The summed E-state index contributed by atoms with van der Waals surface area (Å²) in [5, 5.41) is 19.7. The summed E-state index contributed by atoms with van der Waals surface area (Å²) in [6, 6.07) is 15.8. The number of aliphatic hydroxyl groups is 2. The third-order valence-electron chi connectivity index (χ3n) is 7.82. The highest BCUT2D eigenvalue weighted by molar-refractivity contribution is 7.90. The van der Waals surface area contributed by atoms with E-state index in [-0.39, 0.29) is 50.1 Å². The van der Waals surface area contributed by atoms with Gasteiger partial charge in [0.2, 0.25) is 10.0 Å². The predicted octanol–water partition coefficient (Wildman–Crippen LogP) is 5.25. The van der Waals surface area contributed by atoms with E-state index in [2.05, 4.69) is 9.71 Å². The van der Waals surface area contributed by atoms with Crippen LogP contribution in [-0.2, 0) is 14.8 Å². The zero-order chi connectivity index (χ0) is 35.4. The molecule has 266 valence electrons. The van der Waals surface area contributed by atoms with E-state index in [1.165, 1.54) is 4.90 Å². The number of sulfonamides is 1. The molecule has 1 aromatic heterocycles. The molecule has 0 radical (unpaired) electrons. The molecule has 0 unspecified atom stereocenters. The highest BCUT2D eigenvalue weighted by Crippen LogP contribution is 2.32. The summed E-state index contributed by atoms with van der Waals surface area (Å²) < 4.78 is 44.6. The normalized spacial score (nSPS) is 14.5. The zero-order valence-electron chi connectivity index (χ0n) is 28.3. The van der Waals surface area contributed by atoms with Crippen LogP contribution in [0.4, 0.5) is 4.79 Å². The number of ether oxygens (including phenoxy) is 3. The molecule has 0 spiro atoms. The first kappa shape index (κ1) is 37.6. The third kappa shape index (κ3) is 12.0. The molecule has 1 atom stereocenters. The summed E-state index contributed by atoms with van der Waals surface area (Å²) in [6.45, 7) is 5.33. The standard InChI is InChI=1S/C36H47N3O9S/c1-36(2,3)48-35(43)39(25-32(41)28-9-7-18-37-24-28)19-21-46-29-15-12-26(13-16-29)27-14-17-31(34(42)38-49(44,45)22-8-20-40)33(23-27)47-30-10-5-4-6-11-30/h7,9,12-18,23-24,30,32,40-41H,4-6,8,10-11,19-22,25H2,1-3H3,(H,38,42)/t32-/m0/s1. The molecule has 3 N–H and O–H groups in total. The third-order valence-corrected chi connectivity index (χ3v) is 9.15. The topological polar surface area (TPSA) is 165 Å². The molecule has 0 bridgehead atoms. The van der Waals surface area contributed by atoms with E-state index >= 15 is 0 Å².